The number of carbonyl (C=O) groups is 1. The van der Waals surface area contributed by atoms with Crippen molar-refractivity contribution < 1.29 is 19.0 Å². The first-order chi connectivity index (χ1) is 16.5. The van der Waals surface area contributed by atoms with Crippen molar-refractivity contribution in [1.82, 2.24) is 19.6 Å². The van der Waals surface area contributed by atoms with Gasteiger partial charge >= 0.3 is 0 Å². The number of aryl methyl sites for hydroxylation is 2. The molecule has 2 aromatic heterocycles. The van der Waals surface area contributed by atoms with Gasteiger partial charge in [-0.25, -0.2) is 0 Å². The van der Waals surface area contributed by atoms with E-state index in [0.717, 1.165) is 59.3 Å². The first kappa shape index (κ1) is 21.8. The van der Waals surface area contributed by atoms with Gasteiger partial charge in [0.15, 0.2) is 0 Å². The van der Waals surface area contributed by atoms with Crippen molar-refractivity contribution >= 4 is 16.7 Å². The monoisotopic (exact) mass is 464 g/mol. The van der Waals surface area contributed by atoms with E-state index in [0.29, 0.717) is 25.2 Å². The average Bonchev–Trinajstić information content (AvgIpc) is 3.60. The van der Waals surface area contributed by atoms with Crippen molar-refractivity contribution in [2.45, 2.75) is 70.3 Å². The van der Waals surface area contributed by atoms with Crippen molar-refractivity contribution in [3.8, 4) is 16.9 Å². The maximum atomic E-state index is 11.8. The molecule has 6 rings (SSSR count). The molecule has 3 fully saturated rings. The Morgan fingerprint density at radius 1 is 1.21 bits per heavy atom. The Morgan fingerprint density at radius 2 is 2.09 bits per heavy atom. The van der Waals surface area contributed by atoms with Gasteiger partial charge in [0, 0.05) is 49.9 Å². The zero-order valence-corrected chi connectivity index (χ0v) is 20.1. The third-order valence-electron chi connectivity index (χ3n) is 7.89. The fourth-order valence-electron chi connectivity index (χ4n) is 5.77. The van der Waals surface area contributed by atoms with E-state index in [1.165, 1.54) is 0 Å². The lowest BCUT2D eigenvalue weighted by Gasteiger charge is -2.27. The SMILES string of the molecule is Cc1c2c(O[C@H](C)[C@H]3CCC(=O)C3)cc(-c3cnn([C@H]4CO[C@@H]5CCCO[C@@H]54)c3)cc2nn1C. The Hall–Kier alpha value is -2.71. The Morgan fingerprint density at radius 3 is 2.91 bits per heavy atom. The largest absolute Gasteiger partial charge is 0.490 e. The summed E-state index contributed by atoms with van der Waals surface area (Å²) in [4.78, 5) is 11.8. The summed E-state index contributed by atoms with van der Waals surface area (Å²) < 4.78 is 22.4. The minimum Gasteiger partial charge on any atom is -0.490 e. The molecule has 4 heterocycles. The van der Waals surface area contributed by atoms with Crippen LogP contribution in [0.3, 0.4) is 0 Å². The second kappa shape index (κ2) is 8.50. The van der Waals surface area contributed by atoms with Gasteiger partial charge in [0.25, 0.3) is 0 Å². The van der Waals surface area contributed by atoms with E-state index in [9.17, 15) is 4.79 Å². The lowest BCUT2D eigenvalue weighted by atomic mass is 10.0. The highest BCUT2D eigenvalue weighted by Crippen LogP contribution is 2.38. The van der Waals surface area contributed by atoms with Crippen molar-refractivity contribution in [3.05, 3.63) is 30.2 Å². The van der Waals surface area contributed by atoms with E-state index in [4.69, 9.17) is 19.3 Å². The zero-order valence-electron chi connectivity index (χ0n) is 20.1. The molecule has 0 unspecified atom stereocenters. The number of rotatable bonds is 5. The minimum absolute atomic E-state index is 0.0387. The second-order valence-electron chi connectivity index (χ2n) is 10.1. The van der Waals surface area contributed by atoms with E-state index in [1.54, 1.807) is 0 Å². The van der Waals surface area contributed by atoms with Crippen LogP contribution in [-0.2, 0) is 21.3 Å². The van der Waals surface area contributed by atoms with Gasteiger partial charge in [-0.2, -0.15) is 10.2 Å². The molecule has 0 N–H and O–H groups in total. The van der Waals surface area contributed by atoms with Crippen molar-refractivity contribution in [3.63, 3.8) is 0 Å². The molecule has 0 bridgehead atoms. The normalized spacial score (nSPS) is 27.9. The van der Waals surface area contributed by atoms with Gasteiger partial charge in [-0.3, -0.25) is 14.2 Å². The molecule has 2 saturated heterocycles. The highest BCUT2D eigenvalue weighted by atomic mass is 16.6. The molecule has 5 atom stereocenters. The summed E-state index contributed by atoms with van der Waals surface area (Å²) >= 11 is 0. The summed E-state index contributed by atoms with van der Waals surface area (Å²) in [5.74, 6) is 1.42. The van der Waals surface area contributed by atoms with E-state index < -0.39 is 0 Å². The van der Waals surface area contributed by atoms with Crippen LogP contribution < -0.4 is 4.74 Å². The van der Waals surface area contributed by atoms with Crippen molar-refractivity contribution in [2.24, 2.45) is 13.0 Å². The number of carbonyl (C=O) groups excluding carboxylic acids is 1. The predicted molar refractivity (Wildman–Crippen MR) is 127 cm³/mol. The molecule has 1 aromatic carbocycles. The fraction of sp³-hybridized carbons (Fsp3) is 0.577. The van der Waals surface area contributed by atoms with Gasteiger partial charge in [0.1, 0.15) is 23.7 Å². The van der Waals surface area contributed by atoms with Crippen LogP contribution in [0.15, 0.2) is 24.5 Å². The van der Waals surface area contributed by atoms with Crippen LogP contribution in [0.4, 0.5) is 0 Å². The van der Waals surface area contributed by atoms with Crippen LogP contribution in [-0.4, -0.2) is 56.9 Å². The highest BCUT2D eigenvalue weighted by Gasteiger charge is 2.41. The lowest BCUT2D eigenvalue weighted by Crippen LogP contribution is -2.35. The summed E-state index contributed by atoms with van der Waals surface area (Å²) in [6.07, 6.45) is 8.45. The molecule has 8 heteroatoms. The average molecular weight is 465 g/mol. The van der Waals surface area contributed by atoms with Crippen molar-refractivity contribution in [2.75, 3.05) is 13.2 Å². The molecule has 180 valence electrons. The molecule has 0 spiro atoms. The van der Waals surface area contributed by atoms with Crippen LogP contribution >= 0.6 is 0 Å². The first-order valence-electron chi connectivity index (χ1n) is 12.4. The fourth-order valence-corrected chi connectivity index (χ4v) is 5.77. The maximum absolute atomic E-state index is 11.8. The molecule has 3 aliphatic rings. The number of Topliss-reactive ketones (excluding diaryl/α,β-unsaturated/α-hetero) is 1. The number of ketones is 1. The summed E-state index contributed by atoms with van der Waals surface area (Å²) in [7, 11) is 1.95. The predicted octanol–water partition coefficient (Wildman–Crippen LogP) is 4.00. The third-order valence-corrected chi connectivity index (χ3v) is 7.89. The van der Waals surface area contributed by atoms with Gasteiger partial charge in [0.05, 0.1) is 35.9 Å². The van der Waals surface area contributed by atoms with Crippen LogP contribution in [0.5, 0.6) is 5.75 Å². The van der Waals surface area contributed by atoms with Gasteiger partial charge < -0.3 is 14.2 Å². The third kappa shape index (κ3) is 3.73. The molecule has 8 nitrogen and oxygen atoms in total. The number of ether oxygens (including phenoxy) is 3. The lowest BCUT2D eigenvalue weighted by molar-refractivity contribution is -0.117. The van der Waals surface area contributed by atoms with Gasteiger partial charge in [0.2, 0.25) is 0 Å². The van der Waals surface area contributed by atoms with Crippen molar-refractivity contribution in [1.29, 1.82) is 0 Å². The molecular weight excluding hydrogens is 432 g/mol. The van der Waals surface area contributed by atoms with Gasteiger partial charge in [-0.1, -0.05) is 0 Å². The van der Waals surface area contributed by atoms with E-state index >= 15 is 0 Å². The number of hydrogen-bond donors (Lipinski definition) is 0. The number of benzene rings is 1. The molecule has 1 saturated carbocycles. The summed E-state index contributed by atoms with van der Waals surface area (Å²) in [5.41, 5.74) is 3.99. The number of nitrogens with zero attached hydrogens (tertiary/aromatic N) is 4. The molecule has 3 aromatic rings. The minimum atomic E-state index is -0.0387. The molecule has 1 aliphatic carbocycles. The molecule has 2 aliphatic heterocycles. The zero-order chi connectivity index (χ0) is 23.4. The second-order valence-corrected chi connectivity index (χ2v) is 10.1. The summed E-state index contributed by atoms with van der Waals surface area (Å²) in [6.45, 7) is 5.55. The standard InChI is InChI=1S/C26H32N4O4/c1-15-25-21(28-29(15)3)10-18(11-24(25)34-16(2)17-6-7-20(31)9-17)19-12-27-30(13-19)22-14-33-23-5-4-8-32-26(22)23/h10-13,16-17,22-23,26H,4-9,14H2,1-3H3/t16-,17+,22+,23-,26-/m1/s1. The molecular formula is C26H32N4O4. The molecule has 34 heavy (non-hydrogen) atoms. The Kier molecular flexibility index (Phi) is 5.45. The number of aromatic nitrogens is 4. The van der Waals surface area contributed by atoms with E-state index in [1.807, 2.05) is 22.6 Å². The Bertz CT molecular complexity index is 1230. The number of hydrogen-bond acceptors (Lipinski definition) is 6. The quantitative estimate of drug-likeness (QED) is 0.568. The van der Waals surface area contributed by atoms with Gasteiger partial charge in [-0.15, -0.1) is 0 Å². The number of fused-ring (bicyclic) bond motifs is 2. The van der Waals surface area contributed by atoms with E-state index in [-0.39, 0.29) is 30.3 Å². The van der Waals surface area contributed by atoms with E-state index in [2.05, 4.69) is 37.3 Å². The first-order valence-corrected chi connectivity index (χ1v) is 12.4. The molecule has 0 amide bonds. The summed E-state index contributed by atoms with van der Waals surface area (Å²) in [5, 5.41) is 10.4. The van der Waals surface area contributed by atoms with Crippen LogP contribution in [0.1, 0.15) is 50.8 Å². The topological polar surface area (TPSA) is 80.4 Å². The Balaban J connectivity index is 1.33. The van der Waals surface area contributed by atoms with Crippen LogP contribution in [0.25, 0.3) is 22.0 Å². The van der Waals surface area contributed by atoms with Gasteiger partial charge in [-0.05, 0) is 50.8 Å². The Labute approximate surface area is 199 Å². The maximum Gasteiger partial charge on any atom is 0.133 e. The van der Waals surface area contributed by atoms with Crippen LogP contribution in [0.2, 0.25) is 0 Å². The summed E-state index contributed by atoms with van der Waals surface area (Å²) in [6, 6.07) is 4.29. The van der Waals surface area contributed by atoms with Crippen LogP contribution in [0, 0.1) is 12.8 Å². The smallest absolute Gasteiger partial charge is 0.133 e. The molecule has 0 radical (unpaired) electrons. The highest BCUT2D eigenvalue weighted by molar-refractivity contribution is 5.92.